The first-order valence-electron chi connectivity index (χ1n) is 4.80. The first kappa shape index (κ1) is 10.1. The molecule has 1 aliphatic heterocycles. The van der Waals surface area contributed by atoms with Gasteiger partial charge in [0.2, 0.25) is 0 Å². The van der Waals surface area contributed by atoms with Crippen LogP contribution in [0, 0.1) is 5.82 Å². The molecule has 1 fully saturated rings. The van der Waals surface area contributed by atoms with E-state index in [9.17, 15) is 14.3 Å². The van der Waals surface area contributed by atoms with Gasteiger partial charge in [-0.05, 0) is 6.07 Å². The van der Waals surface area contributed by atoms with Crippen molar-refractivity contribution in [3.8, 4) is 0 Å². The summed E-state index contributed by atoms with van der Waals surface area (Å²) in [6, 6.07) is 5.97. The van der Waals surface area contributed by atoms with Gasteiger partial charge >= 0.3 is 0 Å². The van der Waals surface area contributed by atoms with E-state index in [1.54, 1.807) is 25.2 Å². The molecule has 0 aromatic heterocycles. The molecule has 1 aliphatic rings. The molecule has 1 N–H and O–H groups in total. The first-order chi connectivity index (χ1) is 7.11. The number of benzene rings is 1. The number of hydrogen-bond donors (Lipinski definition) is 1. The number of aliphatic hydroxyl groups excluding tert-OH is 1. The van der Waals surface area contributed by atoms with Crippen LogP contribution < -0.4 is 0 Å². The Labute approximate surface area is 87.1 Å². The van der Waals surface area contributed by atoms with E-state index >= 15 is 0 Å². The fourth-order valence-corrected chi connectivity index (χ4v) is 1.94. The van der Waals surface area contributed by atoms with Crippen molar-refractivity contribution in [2.75, 3.05) is 7.05 Å². The van der Waals surface area contributed by atoms with Gasteiger partial charge in [-0.3, -0.25) is 4.79 Å². The fraction of sp³-hybridized carbons (Fsp3) is 0.364. The average Bonchev–Trinajstić information content (AvgIpc) is 2.47. The van der Waals surface area contributed by atoms with Crippen LogP contribution >= 0.6 is 0 Å². The largest absolute Gasteiger partial charge is 0.383 e. The molecule has 15 heavy (non-hydrogen) atoms. The summed E-state index contributed by atoms with van der Waals surface area (Å²) in [5.74, 6) is -0.681. The quantitative estimate of drug-likeness (QED) is 0.752. The molecule has 4 heteroatoms. The minimum atomic E-state index is -1.00. The lowest BCUT2D eigenvalue weighted by Gasteiger charge is -2.19. The van der Waals surface area contributed by atoms with E-state index in [0.29, 0.717) is 5.56 Å². The summed E-state index contributed by atoms with van der Waals surface area (Å²) in [6.45, 7) is 0. The second-order valence-corrected chi connectivity index (χ2v) is 3.74. The normalized spacial score (nSPS) is 26.1. The van der Waals surface area contributed by atoms with Crippen molar-refractivity contribution in [3.63, 3.8) is 0 Å². The summed E-state index contributed by atoms with van der Waals surface area (Å²) in [4.78, 5) is 12.7. The van der Waals surface area contributed by atoms with Gasteiger partial charge in [0.05, 0.1) is 6.04 Å². The lowest BCUT2D eigenvalue weighted by atomic mass is 10.0. The van der Waals surface area contributed by atoms with Crippen molar-refractivity contribution in [1.82, 2.24) is 4.90 Å². The Morgan fingerprint density at radius 2 is 2.13 bits per heavy atom. The molecule has 1 heterocycles. The molecule has 2 rings (SSSR count). The molecule has 0 saturated carbocycles. The second kappa shape index (κ2) is 3.62. The molecule has 1 aromatic rings. The van der Waals surface area contributed by atoms with Crippen molar-refractivity contribution in [2.24, 2.45) is 0 Å². The Kier molecular flexibility index (Phi) is 2.44. The van der Waals surface area contributed by atoms with Crippen LogP contribution in [0.1, 0.15) is 18.0 Å². The molecule has 0 spiro atoms. The van der Waals surface area contributed by atoms with Crippen molar-refractivity contribution < 1.29 is 14.3 Å². The van der Waals surface area contributed by atoms with Crippen LogP contribution in [-0.2, 0) is 4.79 Å². The summed E-state index contributed by atoms with van der Waals surface area (Å²) < 4.78 is 13.4. The van der Waals surface area contributed by atoms with Gasteiger partial charge in [-0.15, -0.1) is 0 Å². The van der Waals surface area contributed by atoms with E-state index in [-0.39, 0.29) is 24.2 Å². The van der Waals surface area contributed by atoms with Crippen molar-refractivity contribution in [1.29, 1.82) is 0 Å². The van der Waals surface area contributed by atoms with Gasteiger partial charge in [0.15, 0.2) is 0 Å². The minimum absolute atomic E-state index is 0.260. The summed E-state index contributed by atoms with van der Waals surface area (Å²) in [5.41, 5.74) is 0.463. The van der Waals surface area contributed by atoms with E-state index in [1.165, 1.54) is 11.0 Å². The second-order valence-electron chi connectivity index (χ2n) is 3.74. The molecular formula is C11H12FNO2. The van der Waals surface area contributed by atoms with Crippen LogP contribution in [-0.4, -0.2) is 29.1 Å². The highest BCUT2D eigenvalue weighted by molar-refractivity contribution is 5.83. The Morgan fingerprint density at radius 1 is 1.47 bits per heavy atom. The van der Waals surface area contributed by atoms with Gasteiger partial charge < -0.3 is 10.0 Å². The third-order valence-corrected chi connectivity index (χ3v) is 2.81. The first-order valence-corrected chi connectivity index (χ1v) is 4.80. The number of likely N-dealkylation sites (N-methyl/N-ethyl adjacent to an activating group) is 1. The van der Waals surface area contributed by atoms with Crippen LogP contribution in [0.2, 0.25) is 0 Å². The number of likely N-dealkylation sites (tertiary alicyclic amines) is 1. The summed E-state index contributed by atoms with van der Waals surface area (Å²) >= 11 is 0. The van der Waals surface area contributed by atoms with Crippen LogP contribution in [0.25, 0.3) is 0 Å². The maximum atomic E-state index is 13.4. The van der Waals surface area contributed by atoms with Crippen LogP contribution in [0.4, 0.5) is 4.39 Å². The van der Waals surface area contributed by atoms with E-state index in [0.717, 1.165) is 0 Å². The number of aliphatic hydroxyl groups is 1. The molecule has 0 unspecified atom stereocenters. The predicted octanol–water partition coefficient (Wildman–Crippen LogP) is 1.09. The number of amides is 1. The highest BCUT2D eigenvalue weighted by atomic mass is 19.1. The Morgan fingerprint density at radius 3 is 2.67 bits per heavy atom. The number of rotatable bonds is 1. The highest BCUT2D eigenvalue weighted by Gasteiger charge is 2.37. The maximum Gasteiger partial charge on any atom is 0.251 e. The van der Waals surface area contributed by atoms with Crippen molar-refractivity contribution >= 4 is 5.91 Å². The monoisotopic (exact) mass is 209 g/mol. The van der Waals surface area contributed by atoms with Crippen LogP contribution in [0.3, 0.4) is 0 Å². The van der Waals surface area contributed by atoms with Gasteiger partial charge in [-0.2, -0.15) is 0 Å². The predicted molar refractivity (Wildman–Crippen MR) is 52.5 cm³/mol. The summed E-state index contributed by atoms with van der Waals surface area (Å²) in [6.07, 6.45) is -0.740. The number of halogens is 1. The zero-order valence-electron chi connectivity index (χ0n) is 8.35. The Balaban J connectivity index is 2.34. The molecule has 1 amide bonds. The van der Waals surface area contributed by atoms with Gasteiger partial charge in [0, 0.05) is 19.0 Å². The number of hydrogen-bond acceptors (Lipinski definition) is 2. The van der Waals surface area contributed by atoms with E-state index in [4.69, 9.17) is 0 Å². The minimum Gasteiger partial charge on any atom is -0.383 e. The Bertz CT molecular complexity index is 394. The van der Waals surface area contributed by atoms with E-state index in [2.05, 4.69) is 0 Å². The molecule has 1 aromatic carbocycles. The van der Waals surface area contributed by atoms with Gasteiger partial charge in [0.1, 0.15) is 11.9 Å². The van der Waals surface area contributed by atoms with Crippen LogP contribution in [0.15, 0.2) is 24.3 Å². The lowest BCUT2D eigenvalue weighted by Crippen LogP contribution is -2.27. The maximum absolute atomic E-state index is 13.4. The standard InChI is InChI=1S/C11H12FNO2/c1-13-9(6-10(14)11(13)15)7-4-2-3-5-8(7)12/h2-5,9-10,14H,6H2,1H3/t9-,10-/m1/s1. The highest BCUT2D eigenvalue weighted by Crippen LogP contribution is 2.32. The Hall–Kier alpha value is -1.42. The van der Waals surface area contributed by atoms with Crippen LogP contribution in [0.5, 0.6) is 0 Å². The number of nitrogens with zero attached hydrogens (tertiary/aromatic N) is 1. The van der Waals surface area contributed by atoms with E-state index < -0.39 is 6.10 Å². The van der Waals surface area contributed by atoms with Gasteiger partial charge in [-0.25, -0.2) is 4.39 Å². The molecule has 3 nitrogen and oxygen atoms in total. The third kappa shape index (κ3) is 1.61. The molecule has 1 saturated heterocycles. The number of carbonyl (C=O) groups excluding carboxylic acids is 1. The molecule has 2 atom stereocenters. The molecule has 80 valence electrons. The zero-order chi connectivity index (χ0) is 11.0. The fourth-order valence-electron chi connectivity index (χ4n) is 1.94. The topological polar surface area (TPSA) is 40.5 Å². The molecule has 0 bridgehead atoms. The third-order valence-electron chi connectivity index (χ3n) is 2.81. The van der Waals surface area contributed by atoms with Crippen molar-refractivity contribution in [3.05, 3.63) is 35.6 Å². The van der Waals surface area contributed by atoms with Crippen molar-refractivity contribution in [2.45, 2.75) is 18.6 Å². The SMILES string of the molecule is CN1C(=O)[C@H](O)C[C@@H]1c1ccccc1F. The smallest absolute Gasteiger partial charge is 0.251 e. The number of carbonyl (C=O) groups is 1. The molecule has 0 aliphatic carbocycles. The molecule has 0 radical (unpaired) electrons. The summed E-state index contributed by atoms with van der Waals surface area (Å²) in [7, 11) is 1.58. The van der Waals surface area contributed by atoms with Gasteiger partial charge in [-0.1, -0.05) is 18.2 Å². The molecular weight excluding hydrogens is 197 g/mol. The average molecular weight is 209 g/mol. The van der Waals surface area contributed by atoms with E-state index in [1.807, 2.05) is 0 Å². The van der Waals surface area contributed by atoms with Gasteiger partial charge in [0.25, 0.3) is 5.91 Å². The summed E-state index contributed by atoms with van der Waals surface area (Å²) in [5, 5.41) is 9.38. The zero-order valence-corrected chi connectivity index (χ0v) is 8.35. The lowest BCUT2D eigenvalue weighted by molar-refractivity contribution is -0.134.